The molecule has 0 saturated heterocycles. The summed E-state index contributed by atoms with van der Waals surface area (Å²) >= 11 is 0. The summed E-state index contributed by atoms with van der Waals surface area (Å²) in [7, 11) is 1.67. The van der Waals surface area contributed by atoms with Crippen LogP contribution in [-0.2, 0) is 6.42 Å². The van der Waals surface area contributed by atoms with E-state index in [9.17, 15) is 0 Å². The molecule has 3 nitrogen and oxygen atoms in total. The van der Waals surface area contributed by atoms with Crippen molar-refractivity contribution in [3.8, 4) is 17.1 Å². The predicted octanol–water partition coefficient (Wildman–Crippen LogP) is 6.21. The molecule has 0 atom stereocenters. The predicted molar refractivity (Wildman–Crippen MR) is 114 cm³/mol. The van der Waals surface area contributed by atoms with Crippen molar-refractivity contribution >= 4 is 16.7 Å². The van der Waals surface area contributed by atoms with Gasteiger partial charge in [0.15, 0.2) is 0 Å². The Labute approximate surface area is 165 Å². The highest BCUT2D eigenvalue weighted by Gasteiger charge is 2.07. The van der Waals surface area contributed by atoms with E-state index in [0.29, 0.717) is 0 Å². The lowest BCUT2D eigenvalue weighted by atomic mass is 10.1. The highest BCUT2D eigenvalue weighted by molar-refractivity contribution is 5.79. The van der Waals surface area contributed by atoms with Crippen molar-refractivity contribution in [3.05, 3.63) is 89.3 Å². The zero-order valence-corrected chi connectivity index (χ0v) is 16.4. The van der Waals surface area contributed by atoms with E-state index >= 15 is 0 Å². The Hall–Kier alpha value is -3.33. The molecule has 0 aliphatic heterocycles. The van der Waals surface area contributed by atoms with Gasteiger partial charge in [0, 0.05) is 17.0 Å². The number of hydrogen-bond donors (Lipinski definition) is 0. The Balaban J connectivity index is 1.94. The summed E-state index contributed by atoms with van der Waals surface area (Å²) in [6.07, 6.45) is 0.972. The van der Waals surface area contributed by atoms with Gasteiger partial charge in [-0.05, 0) is 67.4 Å². The Bertz CT molecular complexity index is 1170. The van der Waals surface area contributed by atoms with Crippen LogP contribution in [0.4, 0.5) is 5.69 Å². The van der Waals surface area contributed by atoms with E-state index in [2.05, 4.69) is 38.1 Å². The molecule has 4 aromatic rings. The molecule has 0 radical (unpaired) electrons. The Kier molecular flexibility index (Phi) is 4.98. The van der Waals surface area contributed by atoms with Gasteiger partial charge in [0.25, 0.3) is 0 Å². The summed E-state index contributed by atoms with van der Waals surface area (Å²) in [5.41, 5.74) is 5.24. The van der Waals surface area contributed by atoms with Crippen LogP contribution in [0.1, 0.15) is 18.1 Å². The lowest BCUT2D eigenvalue weighted by Gasteiger charge is -2.07. The van der Waals surface area contributed by atoms with Gasteiger partial charge in [0.1, 0.15) is 17.1 Å². The van der Waals surface area contributed by atoms with Gasteiger partial charge >= 0.3 is 0 Å². The smallest absolute Gasteiger partial charge is 0.136 e. The average molecular weight is 369 g/mol. The van der Waals surface area contributed by atoms with Crippen molar-refractivity contribution in [2.24, 2.45) is 4.99 Å². The quantitative estimate of drug-likeness (QED) is 0.428. The van der Waals surface area contributed by atoms with Gasteiger partial charge in [0.05, 0.1) is 18.2 Å². The normalized spacial score (nSPS) is 11.8. The maximum Gasteiger partial charge on any atom is 0.136 e. The van der Waals surface area contributed by atoms with E-state index < -0.39 is 0 Å². The molecule has 0 saturated carbocycles. The first kappa shape index (κ1) is 18.1. The van der Waals surface area contributed by atoms with Gasteiger partial charge in [-0.3, -0.25) is 0 Å². The van der Waals surface area contributed by atoms with E-state index in [-0.39, 0.29) is 0 Å². The first-order valence-electron chi connectivity index (χ1n) is 9.49. The summed E-state index contributed by atoms with van der Waals surface area (Å²) in [5.74, 6) is 1.60. The van der Waals surface area contributed by atoms with Crippen LogP contribution in [0.25, 0.3) is 22.3 Å². The fourth-order valence-corrected chi connectivity index (χ4v) is 3.18. The lowest BCUT2D eigenvalue weighted by molar-refractivity contribution is 0.415. The number of methoxy groups -OCH3 is 1. The number of aryl methyl sites for hydroxylation is 2. The molecule has 3 heteroatoms. The highest BCUT2D eigenvalue weighted by atomic mass is 16.5. The van der Waals surface area contributed by atoms with Crippen LogP contribution in [0.15, 0.2) is 82.2 Å². The van der Waals surface area contributed by atoms with E-state index in [1.54, 1.807) is 7.11 Å². The summed E-state index contributed by atoms with van der Waals surface area (Å²) < 4.78 is 11.5. The second kappa shape index (κ2) is 7.73. The minimum absolute atomic E-state index is 0.783. The van der Waals surface area contributed by atoms with Gasteiger partial charge in [-0.1, -0.05) is 30.7 Å². The molecule has 0 unspecified atom stereocenters. The molecule has 0 aliphatic rings. The van der Waals surface area contributed by atoms with Crippen LogP contribution in [0.5, 0.6) is 5.75 Å². The number of rotatable bonds is 4. The van der Waals surface area contributed by atoms with Gasteiger partial charge in [0.2, 0.25) is 0 Å². The molecular weight excluding hydrogens is 346 g/mol. The van der Waals surface area contributed by atoms with Crippen molar-refractivity contribution in [1.82, 2.24) is 0 Å². The SMILES string of the molecule is CCc1ccc2oc(-c3ccc(OC)cc3)cc(=Nc3ccc(C)cc3)c2c1. The Morgan fingerprint density at radius 2 is 1.64 bits per heavy atom. The molecule has 1 aromatic heterocycles. The second-order valence-electron chi connectivity index (χ2n) is 6.86. The molecule has 4 rings (SSSR count). The third-order valence-electron chi connectivity index (χ3n) is 4.87. The van der Waals surface area contributed by atoms with Crippen LogP contribution in [0.3, 0.4) is 0 Å². The van der Waals surface area contributed by atoms with Crippen LogP contribution >= 0.6 is 0 Å². The maximum absolute atomic E-state index is 6.22. The first-order chi connectivity index (χ1) is 13.7. The minimum Gasteiger partial charge on any atom is -0.497 e. The molecule has 1 heterocycles. The third-order valence-corrected chi connectivity index (χ3v) is 4.87. The zero-order valence-electron chi connectivity index (χ0n) is 16.4. The highest BCUT2D eigenvalue weighted by Crippen LogP contribution is 2.25. The van der Waals surface area contributed by atoms with E-state index in [1.807, 2.05) is 48.5 Å². The number of nitrogens with zero attached hydrogens (tertiary/aromatic N) is 1. The molecule has 0 fully saturated rings. The molecule has 0 aliphatic carbocycles. The van der Waals surface area contributed by atoms with Crippen molar-refractivity contribution in [3.63, 3.8) is 0 Å². The van der Waals surface area contributed by atoms with Gasteiger partial charge < -0.3 is 9.15 Å². The van der Waals surface area contributed by atoms with Crippen LogP contribution in [0, 0.1) is 6.92 Å². The van der Waals surface area contributed by atoms with Gasteiger partial charge in [-0.2, -0.15) is 0 Å². The number of hydrogen-bond acceptors (Lipinski definition) is 3. The monoisotopic (exact) mass is 369 g/mol. The molecule has 3 aromatic carbocycles. The van der Waals surface area contributed by atoms with Crippen molar-refractivity contribution in [1.29, 1.82) is 0 Å². The number of fused-ring (bicyclic) bond motifs is 1. The van der Waals surface area contributed by atoms with Gasteiger partial charge in [-0.25, -0.2) is 4.99 Å². The fourth-order valence-electron chi connectivity index (χ4n) is 3.18. The molecule has 0 spiro atoms. The fraction of sp³-hybridized carbons (Fsp3) is 0.160. The maximum atomic E-state index is 6.22. The van der Waals surface area contributed by atoms with Crippen molar-refractivity contribution in [2.75, 3.05) is 7.11 Å². The summed E-state index contributed by atoms with van der Waals surface area (Å²) in [4.78, 5) is 4.92. The van der Waals surface area contributed by atoms with E-state index in [1.165, 1.54) is 11.1 Å². The molecule has 0 amide bonds. The van der Waals surface area contributed by atoms with Crippen molar-refractivity contribution in [2.45, 2.75) is 20.3 Å². The zero-order chi connectivity index (χ0) is 19.5. The number of ether oxygens (including phenoxy) is 1. The molecular formula is C25H23NO2. The molecule has 28 heavy (non-hydrogen) atoms. The first-order valence-corrected chi connectivity index (χ1v) is 9.49. The van der Waals surface area contributed by atoms with Crippen LogP contribution in [-0.4, -0.2) is 7.11 Å². The van der Waals surface area contributed by atoms with Crippen LogP contribution < -0.4 is 10.1 Å². The average Bonchev–Trinajstić information content (AvgIpc) is 2.75. The molecule has 0 bridgehead atoms. The van der Waals surface area contributed by atoms with Crippen molar-refractivity contribution < 1.29 is 9.15 Å². The number of benzene rings is 3. The van der Waals surface area contributed by atoms with E-state index in [0.717, 1.165) is 45.5 Å². The Morgan fingerprint density at radius 3 is 2.32 bits per heavy atom. The summed E-state index contributed by atoms with van der Waals surface area (Å²) in [6.45, 7) is 4.23. The standard InChI is InChI=1S/C25H23NO2/c1-4-18-7-14-24-22(15-18)23(26-20-10-5-17(2)6-11-20)16-25(28-24)19-8-12-21(27-3)13-9-19/h5-16H,4H2,1-3H3. The van der Waals surface area contributed by atoms with Gasteiger partial charge in [-0.15, -0.1) is 0 Å². The largest absolute Gasteiger partial charge is 0.497 e. The van der Waals surface area contributed by atoms with Crippen LogP contribution in [0.2, 0.25) is 0 Å². The molecule has 0 N–H and O–H groups in total. The summed E-state index contributed by atoms with van der Waals surface area (Å²) in [6, 6.07) is 24.5. The van der Waals surface area contributed by atoms with E-state index in [4.69, 9.17) is 14.1 Å². The lowest BCUT2D eigenvalue weighted by Crippen LogP contribution is -2.04. The minimum atomic E-state index is 0.783. The topological polar surface area (TPSA) is 34.7 Å². The third kappa shape index (κ3) is 3.70. The second-order valence-corrected chi connectivity index (χ2v) is 6.86. The summed E-state index contributed by atoms with van der Waals surface area (Å²) in [5, 5.41) is 1.93. The Morgan fingerprint density at radius 1 is 0.893 bits per heavy atom. The molecule has 140 valence electrons.